The minimum atomic E-state index is -3.26. The first kappa shape index (κ1) is 18.6. The van der Waals surface area contributed by atoms with Crippen LogP contribution < -0.4 is 11.1 Å². The van der Waals surface area contributed by atoms with E-state index in [-0.39, 0.29) is 42.2 Å². The van der Waals surface area contributed by atoms with Gasteiger partial charge < -0.3 is 15.8 Å². The Bertz CT molecular complexity index is 394. The molecule has 1 aliphatic heterocycles. The molecule has 0 unspecified atom stereocenters. The maximum absolute atomic E-state index is 11.9. The quantitative estimate of drug-likeness (QED) is 0.266. The lowest BCUT2D eigenvalue weighted by atomic mass is 10.5. The molecule has 0 aromatic rings. The first-order valence-corrected chi connectivity index (χ1v) is 7.37. The van der Waals surface area contributed by atoms with Crippen LogP contribution in [0.15, 0.2) is 17.6 Å². The maximum Gasteiger partial charge on any atom is 0.216 e. The van der Waals surface area contributed by atoms with Crippen LogP contribution in [0.3, 0.4) is 0 Å². The van der Waals surface area contributed by atoms with E-state index in [1.807, 2.05) is 0 Å². The number of aliphatic imine (C=N–C) groups is 1. The average molecular weight is 404 g/mol. The molecular formula is C10H21IN4O3S. The molecular weight excluding hydrogens is 383 g/mol. The minimum Gasteiger partial charge on any atom is -0.379 e. The van der Waals surface area contributed by atoms with Crippen molar-refractivity contribution in [1.82, 2.24) is 9.62 Å². The fourth-order valence-electron chi connectivity index (χ4n) is 1.47. The largest absolute Gasteiger partial charge is 0.379 e. The molecule has 3 N–H and O–H groups in total. The van der Waals surface area contributed by atoms with Gasteiger partial charge in [0.2, 0.25) is 10.0 Å². The van der Waals surface area contributed by atoms with Crippen LogP contribution in [0.1, 0.15) is 0 Å². The van der Waals surface area contributed by atoms with Crippen molar-refractivity contribution in [1.29, 1.82) is 0 Å². The van der Waals surface area contributed by atoms with E-state index < -0.39 is 10.0 Å². The summed E-state index contributed by atoms with van der Waals surface area (Å²) < 4.78 is 30.3. The Kier molecular flexibility index (Phi) is 9.31. The predicted molar refractivity (Wildman–Crippen MR) is 86.3 cm³/mol. The maximum atomic E-state index is 11.9. The summed E-state index contributed by atoms with van der Waals surface area (Å²) in [4.78, 5) is 3.94. The summed E-state index contributed by atoms with van der Waals surface area (Å²) >= 11 is 0. The number of nitrogens with two attached hydrogens (primary N) is 1. The third-order valence-corrected chi connectivity index (χ3v) is 4.27. The Hall–Kier alpha value is -0.390. The molecule has 1 aliphatic rings. The van der Waals surface area contributed by atoms with E-state index in [4.69, 9.17) is 10.5 Å². The van der Waals surface area contributed by atoms with Crippen LogP contribution in [0.2, 0.25) is 0 Å². The smallest absolute Gasteiger partial charge is 0.216 e. The molecule has 9 heteroatoms. The number of nitrogens with one attached hydrogen (secondary N) is 1. The zero-order valence-corrected chi connectivity index (χ0v) is 13.9. The van der Waals surface area contributed by atoms with E-state index in [1.54, 1.807) is 6.08 Å². The lowest BCUT2D eigenvalue weighted by Crippen LogP contribution is -2.42. The Morgan fingerprint density at radius 2 is 2.11 bits per heavy atom. The van der Waals surface area contributed by atoms with Gasteiger partial charge in [0.15, 0.2) is 5.96 Å². The number of morpholine rings is 1. The molecule has 0 atom stereocenters. The van der Waals surface area contributed by atoms with Crippen LogP contribution in [0, 0.1) is 0 Å². The van der Waals surface area contributed by atoms with Crippen molar-refractivity contribution in [2.24, 2.45) is 10.7 Å². The van der Waals surface area contributed by atoms with Gasteiger partial charge in [-0.2, -0.15) is 4.31 Å². The summed E-state index contributed by atoms with van der Waals surface area (Å²) in [5.41, 5.74) is 5.53. The number of ether oxygens (including phenoxy) is 1. The van der Waals surface area contributed by atoms with Gasteiger partial charge in [-0.05, 0) is 0 Å². The number of hydrogen-bond donors (Lipinski definition) is 2. The Morgan fingerprint density at radius 3 is 2.68 bits per heavy atom. The fourth-order valence-corrected chi connectivity index (χ4v) is 2.75. The van der Waals surface area contributed by atoms with Crippen LogP contribution in [0.4, 0.5) is 0 Å². The van der Waals surface area contributed by atoms with Crippen molar-refractivity contribution in [2.45, 2.75) is 0 Å². The highest BCUT2D eigenvalue weighted by atomic mass is 127. The van der Waals surface area contributed by atoms with Crippen molar-refractivity contribution < 1.29 is 13.2 Å². The van der Waals surface area contributed by atoms with E-state index in [9.17, 15) is 8.42 Å². The molecule has 0 spiro atoms. The molecule has 1 rings (SSSR count). The average Bonchev–Trinajstić information content (AvgIpc) is 2.37. The van der Waals surface area contributed by atoms with Crippen LogP contribution in [0.5, 0.6) is 0 Å². The second-order valence-electron chi connectivity index (χ2n) is 3.76. The van der Waals surface area contributed by atoms with Crippen molar-refractivity contribution in [3.05, 3.63) is 12.7 Å². The number of hydrogen-bond acceptors (Lipinski definition) is 4. The third kappa shape index (κ3) is 7.09. The van der Waals surface area contributed by atoms with Crippen molar-refractivity contribution in [2.75, 3.05) is 45.1 Å². The normalized spacial score (nSPS) is 17.6. The van der Waals surface area contributed by atoms with E-state index in [0.29, 0.717) is 32.8 Å². The summed E-state index contributed by atoms with van der Waals surface area (Å²) in [6, 6.07) is 0. The highest BCUT2D eigenvalue weighted by Crippen LogP contribution is 2.05. The second-order valence-corrected chi connectivity index (χ2v) is 5.85. The molecule has 19 heavy (non-hydrogen) atoms. The second kappa shape index (κ2) is 9.50. The van der Waals surface area contributed by atoms with Crippen molar-refractivity contribution >= 4 is 40.0 Å². The van der Waals surface area contributed by atoms with E-state index in [0.717, 1.165) is 0 Å². The van der Waals surface area contributed by atoms with Gasteiger partial charge >= 0.3 is 0 Å². The fraction of sp³-hybridized carbons (Fsp3) is 0.700. The molecule has 0 radical (unpaired) electrons. The summed E-state index contributed by atoms with van der Waals surface area (Å²) in [7, 11) is -3.26. The summed E-state index contributed by atoms with van der Waals surface area (Å²) in [5.74, 6) is 0.191. The highest BCUT2D eigenvalue weighted by Gasteiger charge is 2.23. The Labute approximate surface area is 131 Å². The van der Waals surface area contributed by atoms with Crippen LogP contribution in [-0.2, 0) is 14.8 Å². The number of halogens is 1. The molecule has 0 aliphatic carbocycles. The van der Waals surface area contributed by atoms with Crippen molar-refractivity contribution in [3.8, 4) is 0 Å². The lowest BCUT2D eigenvalue weighted by Gasteiger charge is -2.25. The molecule has 0 amide bonds. The first-order chi connectivity index (χ1) is 8.56. The molecule has 112 valence electrons. The molecule has 0 aromatic heterocycles. The summed E-state index contributed by atoms with van der Waals surface area (Å²) in [6.07, 6.45) is 1.65. The number of nitrogens with zero attached hydrogens (tertiary/aromatic N) is 2. The van der Waals surface area contributed by atoms with E-state index in [1.165, 1.54) is 4.31 Å². The summed E-state index contributed by atoms with van der Waals surface area (Å²) in [5, 5.41) is 2.78. The lowest BCUT2D eigenvalue weighted by molar-refractivity contribution is 0.0731. The Balaban J connectivity index is 0.00000324. The van der Waals surface area contributed by atoms with Gasteiger partial charge in [-0.1, -0.05) is 6.08 Å². The first-order valence-electron chi connectivity index (χ1n) is 5.76. The summed E-state index contributed by atoms with van der Waals surface area (Å²) in [6.45, 7) is 5.91. The van der Waals surface area contributed by atoms with Gasteiger partial charge in [-0.25, -0.2) is 8.42 Å². The van der Waals surface area contributed by atoms with Gasteiger partial charge in [0, 0.05) is 19.6 Å². The zero-order chi connectivity index (χ0) is 13.4. The predicted octanol–water partition coefficient (Wildman–Crippen LogP) is -0.643. The van der Waals surface area contributed by atoms with Gasteiger partial charge in [-0.3, -0.25) is 4.99 Å². The van der Waals surface area contributed by atoms with Gasteiger partial charge in [0.25, 0.3) is 0 Å². The van der Waals surface area contributed by atoms with Crippen molar-refractivity contribution in [3.63, 3.8) is 0 Å². The minimum absolute atomic E-state index is 0. The molecule has 7 nitrogen and oxygen atoms in total. The standard InChI is InChI=1S/C10H20N4O3S.HI/c1-2-3-12-10(11)13-4-9-18(15,16)14-5-7-17-8-6-14;/h2H,1,3-9H2,(H3,11,12,13);1H. The molecule has 0 aromatic carbocycles. The van der Waals surface area contributed by atoms with Crippen LogP contribution in [-0.4, -0.2) is 63.8 Å². The SMILES string of the molecule is C=CCNC(N)=NCCS(=O)(=O)N1CCOCC1.I. The Morgan fingerprint density at radius 1 is 1.47 bits per heavy atom. The molecule has 1 saturated heterocycles. The number of rotatable bonds is 6. The molecule has 1 heterocycles. The topological polar surface area (TPSA) is 97.0 Å². The molecule has 1 fully saturated rings. The highest BCUT2D eigenvalue weighted by molar-refractivity contribution is 14.0. The van der Waals surface area contributed by atoms with Gasteiger partial charge in [-0.15, -0.1) is 30.6 Å². The van der Waals surface area contributed by atoms with E-state index in [2.05, 4.69) is 16.9 Å². The monoisotopic (exact) mass is 404 g/mol. The zero-order valence-electron chi connectivity index (χ0n) is 10.7. The van der Waals surface area contributed by atoms with E-state index >= 15 is 0 Å². The third-order valence-electron chi connectivity index (χ3n) is 2.42. The van der Waals surface area contributed by atoms with Crippen LogP contribution >= 0.6 is 24.0 Å². The number of sulfonamides is 1. The molecule has 0 bridgehead atoms. The van der Waals surface area contributed by atoms with Gasteiger partial charge in [0.05, 0.1) is 25.5 Å². The van der Waals surface area contributed by atoms with Crippen LogP contribution in [0.25, 0.3) is 0 Å². The molecule has 0 saturated carbocycles. The number of guanidine groups is 1. The van der Waals surface area contributed by atoms with Gasteiger partial charge in [0.1, 0.15) is 0 Å².